The second-order valence-electron chi connectivity index (χ2n) is 4.30. The maximum atomic E-state index is 11.9. The van der Waals surface area contributed by atoms with Crippen LogP contribution in [0, 0.1) is 0 Å². The fourth-order valence-corrected chi connectivity index (χ4v) is 2.73. The maximum Gasteiger partial charge on any atom is 0.258 e. The lowest BCUT2D eigenvalue weighted by Gasteiger charge is -2.09. The van der Waals surface area contributed by atoms with Gasteiger partial charge in [0.25, 0.3) is 5.56 Å². The monoisotopic (exact) mass is 298 g/mol. The Morgan fingerprint density at radius 1 is 1.53 bits per heavy atom. The molecule has 1 unspecified atom stereocenters. The molecule has 0 saturated heterocycles. The van der Waals surface area contributed by atoms with Crippen molar-refractivity contribution in [3.05, 3.63) is 45.5 Å². The number of pyridine rings is 1. The summed E-state index contributed by atoms with van der Waals surface area (Å²) in [7, 11) is 0. The Bertz CT molecular complexity index is 630. The van der Waals surface area contributed by atoms with Crippen molar-refractivity contribution in [1.82, 2.24) is 9.38 Å². The smallest absolute Gasteiger partial charge is 0.258 e. The molecule has 6 heteroatoms. The summed E-state index contributed by atoms with van der Waals surface area (Å²) in [5.41, 5.74) is 1.22. The number of nitrogens with zero attached hydrogens (tertiary/aromatic N) is 2. The first-order chi connectivity index (χ1) is 9.10. The van der Waals surface area contributed by atoms with E-state index in [-0.39, 0.29) is 12.2 Å². The van der Waals surface area contributed by atoms with E-state index in [2.05, 4.69) is 11.9 Å². The first kappa shape index (κ1) is 14.4. The van der Waals surface area contributed by atoms with Crippen molar-refractivity contribution in [2.75, 3.05) is 6.61 Å². The Morgan fingerprint density at radius 2 is 2.32 bits per heavy atom. The molecule has 19 heavy (non-hydrogen) atoms. The Labute approximate surface area is 120 Å². The highest BCUT2D eigenvalue weighted by atomic mass is 35.5. The van der Waals surface area contributed by atoms with Crippen LogP contribution in [0.25, 0.3) is 5.65 Å². The molecule has 0 fully saturated rings. The highest BCUT2D eigenvalue weighted by molar-refractivity contribution is 7.99. The van der Waals surface area contributed by atoms with Gasteiger partial charge in [-0.15, -0.1) is 0 Å². The molecule has 0 aliphatic rings. The van der Waals surface area contributed by atoms with Gasteiger partial charge >= 0.3 is 0 Å². The van der Waals surface area contributed by atoms with Crippen LogP contribution in [0.3, 0.4) is 0 Å². The quantitative estimate of drug-likeness (QED) is 0.920. The van der Waals surface area contributed by atoms with Crippen molar-refractivity contribution in [2.24, 2.45) is 0 Å². The summed E-state index contributed by atoms with van der Waals surface area (Å²) >= 11 is 7.53. The molecule has 0 saturated carbocycles. The normalized spacial score (nSPS) is 12.8. The van der Waals surface area contributed by atoms with Gasteiger partial charge in [0.2, 0.25) is 0 Å². The summed E-state index contributed by atoms with van der Waals surface area (Å²) in [4.78, 5) is 16.4. The predicted molar refractivity (Wildman–Crippen MR) is 78.9 cm³/mol. The van der Waals surface area contributed by atoms with Gasteiger partial charge in [0, 0.05) is 29.9 Å². The van der Waals surface area contributed by atoms with Gasteiger partial charge in [0.1, 0.15) is 5.65 Å². The van der Waals surface area contributed by atoms with Gasteiger partial charge < -0.3 is 5.11 Å². The second kappa shape index (κ2) is 6.41. The molecule has 2 aromatic heterocycles. The van der Waals surface area contributed by atoms with E-state index in [1.807, 2.05) is 0 Å². The lowest BCUT2D eigenvalue weighted by molar-refractivity contribution is 0.289. The number of fused-ring (bicyclic) bond motifs is 1. The molecule has 2 rings (SSSR count). The molecule has 0 aromatic carbocycles. The fraction of sp³-hybridized carbons (Fsp3) is 0.385. The minimum Gasteiger partial charge on any atom is -0.396 e. The maximum absolute atomic E-state index is 11.9. The van der Waals surface area contributed by atoms with E-state index in [1.54, 1.807) is 30.1 Å². The van der Waals surface area contributed by atoms with Crippen LogP contribution in [0.15, 0.2) is 29.2 Å². The summed E-state index contributed by atoms with van der Waals surface area (Å²) in [5.74, 6) is 0.662. The minimum absolute atomic E-state index is 0.127. The van der Waals surface area contributed by atoms with Gasteiger partial charge in [-0.1, -0.05) is 18.5 Å². The average Bonchev–Trinajstić information content (AvgIpc) is 2.38. The number of thioether (sulfide) groups is 1. The largest absolute Gasteiger partial charge is 0.396 e. The number of halogens is 1. The Balaban J connectivity index is 2.21. The zero-order chi connectivity index (χ0) is 13.8. The molecule has 0 radical (unpaired) electrons. The van der Waals surface area contributed by atoms with Crippen molar-refractivity contribution in [3.63, 3.8) is 0 Å². The van der Waals surface area contributed by atoms with Crippen molar-refractivity contribution >= 4 is 29.0 Å². The third-order valence-corrected chi connectivity index (χ3v) is 4.22. The second-order valence-corrected chi connectivity index (χ2v) is 6.16. The van der Waals surface area contributed by atoms with Gasteiger partial charge in [-0.2, -0.15) is 11.8 Å². The van der Waals surface area contributed by atoms with E-state index in [0.29, 0.717) is 21.7 Å². The minimum atomic E-state index is -0.127. The highest BCUT2D eigenvalue weighted by Gasteiger charge is 2.06. The van der Waals surface area contributed by atoms with E-state index < -0.39 is 0 Å². The summed E-state index contributed by atoms with van der Waals surface area (Å²) < 4.78 is 1.44. The van der Waals surface area contributed by atoms with E-state index in [4.69, 9.17) is 16.7 Å². The Morgan fingerprint density at radius 3 is 3.05 bits per heavy atom. The third-order valence-electron chi connectivity index (χ3n) is 2.73. The van der Waals surface area contributed by atoms with Gasteiger partial charge in [0.15, 0.2) is 0 Å². The number of aromatic nitrogens is 2. The van der Waals surface area contributed by atoms with Gasteiger partial charge in [-0.05, 0) is 18.6 Å². The first-order valence-corrected chi connectivity index (χ1v) is 7.43. The van der Waals surface area contributed by atoms with Crippen LogP contribution in [-0.4, -0.2) is 26.3 Å². The molecule has 2 aromatic rings. The number of hydrogen-bond acceptors (Lipinski definition) is 4. The zero-order valence-electron chi connectivity index (χ0n) is 10.5. The molecule has 0 spiro atoms. The molecule has 4 nitrogen and oxygen atoms in total. The Hall–Kier alpha value is -1.04. The lowest BCUT2D eigenvalue weighted by atomic mass is 10.3. The van der Waals surface area contributed by atoms with Gasteiger partial charge in [0.05, 0.1) is 10.7 Å². The van der Waals surface area contributed by atoms with E-state index in [1.165, 1.54) is 10.5 Å². The summed E-state index contributed by atoms with van der Waals surface area (Å²) in [5, 5.41) is 9.70. The Kier molecular flexibility index (Phi) is 4.85. The van der Waals surface area contributed by atoms with Crippen molar-refractivity contribution in [1.29, 1.82) is 0 Å². The standard InChI is InChI=1S/C13H15ClN2O2S/c1-9(4-5-17)19-8-11-6-13(18)16-7-10(14)2-3-12(16)15-11/h2-3,6-7,9,17H,4-5,8H2,1H3. The van der Waals surface area contributed by atoms with Crippen LogP contribution >= 0.6 is 23.4 Å². The highest BCUT2D eigenvalue weighted by Crippen LogP contribution is 2.18. The molecule has 0 aliphatic heterocycles. The molecule has 0 bridgehead atoms. The van der Waals surface area contributed by atoms with Crippen molar-refractivity contribution < 1.29 is 5.11 Å². The molecule has 0 amide bonds. The number of hydrogen-bond donors (Lipinski definition) is 1. The van der Waals surface area contributed by atoms with Crippen LogP contribution in [-0.2, 0) is 5.75 Å². The lowest BCUT2D eigenvalue weighted by Crippen LogP contribution is -2.15. The van der Waals surface area contributed by atoms with E-state index in [0.717, 1.165) is 12.1 Å². The van der Waals surface area contributed by atoms with Crippen molar-refractivity contribution in [3.8, 4) is 0 Å². The van der Waals surface area contributed by atoms with Gasteiger partial charge in [-0.3, -0.25) is 9.20 Å². The van der Waals surface area contributed by atoms with Crippen LogP contribution in [0.5, 0.6) is 0 Å². The molecular formula is C13H15ClN2O2S. The molecule has 0 aliphatic carbocycles. The number of rotatable bonds is 5. The molecule has 1 N–H and O–H groups in total. The van der Waals surface area contributed by atoms with Gasteiger partial charge in [-0.25, -0.2) is 4.98 Å². The number of aliphatic hydroxyl groups is 1. The average molecular weight is 299 g/mol. The third kappa shape index (κ3) is 3.72. The van der Waals surface area contributed by atoms with E-state index >= 15 is 0 Å². The SMILES string of the molecule is CC(CCO)SCc1cc(=O)n2cc(Cl)ccc2n1. The molecule has 102 valence electrons. The summed E-state index contributed by atoms with van der Waals surface area (Å²) in [6.07, 6.45) is 2.31. The number of aliphatic hydroxyl groups excluding tert-OH is 1. The van der Waals surface area contributed by atoms with Crippen molar-refractivity contribution in [2.45, 2.75) is 24.3 Å². The topological polar surface area (TPSA) is 54.6 Å². The predicted octanol–water partition coefficient (Wildman–Crippen LogP) is 2.35. The summed E-state index contributed by atoms with van der Waals surface area (Å²) in [6, 6.07) is 4.98. The van der Waals surface area contributed by atoms with Crippen LogP contribution in [0.2, 0.25) is 5.02 Å². The van der Waals surface area contributed by atoms with E-state index in [9.17, 15) is 4.79 Å². The van der Waals surface area contributed by atoms with Crippen LogP contribution in [0.1, 0.15) is 19.0 Å². The summed E-state index contributed by atoms with van der Waals surface area (Å²) in [6.45, 7) is 2.23. The van der Waals surface area contributed by atoms with Crippen LogP contribution in [0.4, 0.5) is 0 Å². The fourth-order valence-electron chi connectivity index (χ4n) is 1.69. The zero-order valence-corrected chi connectivity index (χ0v) is 12.1. The molecule has 2 heterocycles. The van der Waals surface area contributed by atoms with Crippen LogP contribution < -0.4 is 5.56 Å². The molecule has 1 atom stereocenters. The molecular weight excluding hydrogens is 284 g/mol. The first-order valence-electron chi connectivity index (χ1n) is 6.00.